The number of esters is 3. The minimum atomic E-state index is -0.813. The van der Waals surface area contributed by atoms with Crippen LogP contribution in [0.5, 0.6) is 0 Å². The van der Waals surface area contributed by atoms with Crippen LogP contribution >= 0.6 is 0 Å². The predicted molar refractivity (Wildman–Crippen MR) is 325 cm³/mol. The summed E-state index contributed by atoms with van der Waals surface area (Å²) in [5, 5.41) is 0. The van der Waals surface area contributed by atoms with Crippen LogP contribution in [0, 0.1) is 0 Å². The number of allylic oxidation sites excluding steroid dienone is 14. The van der Waals surface area contributed by atoms with Crippen molar-refractivity contribution in [3.63, 3.8) is 0 Å². The summed E-state index contributed by atoms with van der Waals surface area (Å²) in [5.74, 6) is -0.987. The Morgan fingerprint density at radius 2 is 0.547 bits per heavy atom. The first-order chi connectivity index (χ1) is 37.0. The summed E-state index contributed by atoms with van der Waals surface area (Å²) in [7, 11) is 0. The normalized spacial score (nSPS) is 12.6. The van der Waals surface area contributed by atoms with Crippen molar-refractivity contribution in [3.8, 4) is 0 Å². The molecule has 0 fully saturated rings. The fraction of sp³-hybridized carbons (Fsp3) is 0.754. The maximum atomic E-state index is 12.8. The molecule has 0 bridgehead atoms. The Morgan fingerprint density at radius 3 is 0.867 bits per heavy atom. The number of ether oxygens (including phenoxy) is 3. The van der Waals surface area contributed by atoms with Crippen molar-refractivity contribution in [2.24, 2.45) is 0 Å². The van der Waals surface area contributed by atoms with E-state index in [1.54, 1.807) is 0 Å². The molecule has 0 spiro atoms. The molecule has 0 radical (unpaired) electrons. The van der Waals surface area contributed by atoms with Crippen molar-refractivity contribution in [3.05, 3.63) is 85.1 Å². The number of rotatable bonds is 58. The first kappa shape index (κ1) is 71.6. The third kappa shape index (κ3) is 61.3. The van der Waals surface area contributed by atoms with E-state index in [0.29, 0.717) is 19.3 Å². The zero-order valence-electron chi connectivity index (χ0n) is 49.6. The number of unbranched alkanes of at least 4 members (excludes halogenated alkanes) is 33. The van der Waals surface area contributed by atoms with Crippen molar-refractivity contribution in [2.45, 2.75) is 322 Å². The Hall–Kier alpha value is -3.41. The summed E-state index contributed by atoms with van der Waals surface area (Å²) in [6.45, 7) is 6.44. The van der Waals surface area contributed by atoms with Crippen LogP contribution in [-0.2, 0) is 28.6 Å². The standard InChI is InChI=1S/C69H120O6/c1-4-7-10-13-16-18-20-22-24-26-28-29-30-31-32-33-34-35-36-37-38-39-41-42-44-46-48-50-53-56-59-62-68(71)74-65-66(64-73-67(70)61-58-55-52-15-12-9-6-3)75-69(72)63-60-57-54-51-49-47-45-43-40-27-25-23-21-19-17-14-11-8-5-2/h8,11,17,19,23,25-26,28,40,43,47,49,54,57,66H,4-7,9-10,12-16,18,20-22,24,27,29-39,41-42,44-46,48,50-53,55-56,58-65H2,1-3H3/b11-8-,19-17-,25-23-,28-26-,43-40-,49-47-,57-54-. The lowest BCUT2D eigenvalue weighted by atomic mass is 10.0. The van der Waals surface area contributed by atoms with Crippen molar-refractivity contribution >= 4 is 17.9 Å². The van der Waals surface area contributed by atoms with Gasteiger partial charge >= 0.3 is 17.9 Å². The fourth-order valence-electron chi connectivity index (χ4n) is 9.11. The van der Waals surface area contributed by atoms with Gasteiger partial charge in [0.15, 0.2) is 6.10 Å². The van der Waals surface area contributed by atoms with Crippen LogP contribution in [0.2, 0.25) is 0 Å². The van der Waals surface area contributed by atoms with Gasteiger partial charge in [-0.25, -0.2) is 0 Å². The van der Waals surface area contributed by atoms with E-state index >= 15 is 0 Å². The van der Waals surface area contributed by atoms with E-state index in [1.807, 2.05) is 6.08 Å². The average molecular weight is 1050 g/mol. The molecule has 432 valence electrons. The summed E-state index contributed by atoms with van der Waals surface area (Å²) in [4.78, 5) is 38.0. The van der Waals surface area contributed by atoms with Crippen LogP contribution in [0.25, 0.3) is 0 Å². The maximum Gasteiger partial charge on any atom is 0.306 e. The molecule has 0 aromatic carbocycles. The molecule has 0 aliphatic carbocycles. The minimum absolute atomic E-state index is 0.104. The van der Waals surface area contributed by atoms with Crippen LogP contribution in [0.4, 0.5) is 0 Å². The molecule has 0 saturated heterocycles. The summed E-state index contributed by atoms with van der Waals surface area (Å²) in [6.07, 6.45) is 83.7. The van der Waals surface area contributed by atoms with Crippen molar-refractivity contribution in [1.82, 2.24) is 0 Å². The molecule has 6 heteroatoms. The van der Waals surface area contributed by atoms with Gasteiger partial charge in [0.25, 0.3) is 0 Å². The molecule has 1 unspecified atom stereocenters. The van der Waals surface area contributed by atoms with E-state index < -0.39 is 12.1 Å². The van der Waals surface area contributed by atoms with Gasteiger partial charge in [-0.1, -0.05) is 298 Å². The highest BCUT2D eigenvalue weighted by atomic mass is 16.6. The predicted octanol–water partition coefficient (Wildman–Crippen LogP) is 21.9. The van der Waals surface area contributed by atoms with Gasteiger partial charge in [0, 0.05) is 19.3 Å². The highest BCUT2D eigenvalue weighted by molar-refractivity contribution is 5.71. The second kappa shape index (κ2) is 63.1. The van der Waals surface area contributed by atoms with Gasteiger partial charge in [-0.05, 0) is 83.5 Å². The second-order valence-corrected chi connectivity index (χ2v) is 21.3. The van der Waals surface area contributed by atoms with Gasteiger partial charge < -0.3 is 14.2 Å². The molecule has 0 aromatic rings. The molecule has 0 heterocycles. The van der Waals surface area contributed by atoms with E-state index in [-0.39, 0.29) is 31.6 Å². The molecule has 0 aromatic heterocycles. The zero-order chi connectivity index (χ0) is 54.3. The molecule has 75 heavy (non-hydrogen) atoms. The number of hydrogen-bond acceptors (Lipinski definition) is 6. The van der Waals surface area contributed by atoms with Crippen LogP contribution in [0.1, 0.15) is 316 Å². The van der Waals surface area contributed by atoms with Gasteiger partial charge in [0.1, 0.15) is 13.2 Å². The van der Waals surface area contributed by atoms with Crippen molar-refractivity contribution in [1.29, 1.82) is 0 Å². The van der Waals surface area contributed by atoms with Crippen molar-refractivity contribution in [2.75, 3.05) is 13.2 Å². The van der Waals surface area contributed by atoms with Gasteiger partial charge in [-0.3, -0.25) is 14.4 Å². The minimum Gasteiger partial charge on any atom is -0.462 e. The van der Waals surface area contributed by atoms with Gasteiger partial charge in [0.05, 0.1) is 0 Å². The van der Waals surface area contributed by atoms with E-state index in [4.69, 9.17) is 14.2 Å². The number of hydrogen-bond donors (Lipinski definition) is 0. The van der Waals surface area contributed by atoms with E-state index in [2.05, 4.69) is 99.8 Å². The molecule has 1 atom stereocenters. The monoisotopic (exact) mass is 1040 g/mol. The number of carbonyl (C=O) groups is 3. The van der Waals surface area contributed by atoms with Crippen LogP contribution in [-0.4, -0.2) is 37.2 Å². The smallest absolute Gasteiger partial charge is 0.306 e. The highest BCUT2D eigenvalue weighted by Crippen LogP contribution is 2.17. The SMILES string of the molecule is CC/C=C\C/C=C\C/C=C\C/C=C\C/C=C\C/C=C\CCC(=O)OC(COC(=O)CCCCCCCCC)COC(=O)CCCCCCCCCCCCCCCCCCCCC/C=C\CCCCCCCCCC. The third-order valence-corrected chi connectivity index (χ3v) is 13.9. The van der Waals surface area contributed by atoms with Gasteiger partial charge in [-0.15, -0.1) is 0 Å². The summed E-state index contributed by atoms with van der Waals surface area (Å²) in [5.41, 5.74) is 0. The van der Waals surface area contributed by atoms with Gasteiger partial charge in [0.2, 0.25) is 0 Å². The number of carbonyl (C=O) groups excluding carboxylic acids is 3. The molecule has 0 amide bonds. The molecule has 0 saturated carbocycles. The Bertz CT molecular complexity index is 1430. The fourth-order valence-corrected chi connectivity index (χ4v) is 9.11. The first-order valence-electron chi connectivity index (χ1n) is 32.1. The van der Waals surface area contributed by atoms with Crippen molar-refractivity contribution < 1.29 is 28.6 Å². The molecule has 0 N–H and O–H groups in total. The van der Waals surface area contributed by atoms with E-state index in [1.165, 1.54) is 193 Å². The molecule has 0 aliphatic rings. The topological polar surface area (TPSA) is 78.9 Å². The van der Waals surface area contributed by atoms with Crippen LogP contribution in [0.15, 0.2) is 85.1 Å². The maximum absolute atomic E-state index is 12.8. The molecule has 0 rings (SSSR count). The van der Waals surface area contributed by atoms with Crippen LogP contribution in [0.3, 0.4) is 0 Å². The summed E-state index contributed by atoms with van der Waals surface area (Å²) in [6, 6.07) is 0. The average Bonchev–Trinajstić information content (AvgIpc) is 3.41. The Kier molecular flexibility index (Phi) is 60.3. The lowest BCUT2D eigenvalue weighted by Crippen LogP contribution is -2.30. The highest BCUT2D eigenvalue weighted by Gasteiger charge is 2.19. The lowest BCUT2D eigenvalue weighted by Gasteiger charge is -2.18. The quantitative estimate of drug-likeness (QED) is 0.0261. The van der Waals surface area contributed by atoms with Gasteiger partial charge in [-0.2, -0.15) is 0 Å². The van der Waals surface area contributed by atoms with Crippen LogP contribution < -0.4 is 0 Å². The lowest BCUT2D eigenvalue weighted by molar-refractivity contribution is -0.166. The third-order valence-electron chi connectivity index (χ3n) is 13.9. The summed E-state index contributed by atoms with van der Waals surface area (Å²) < 4.78 is 16.7. The molecule has 0 aliphatic heterocycles. The molecular formula is C69H120O6. The Morgan fingerprint density at radius 1 is 0.280 bits per heavy atom. The zero-order valence-corrected chi connectivity index (χ0v) is 49.6. The molecule has 6 nitrogen and oxygen atoms in total. The Balaban J connectivity index is 4.11. The summed E-state index contributed by atoms with van der Waals surface area (Å²) >= 11 is 0. The van der Waals surface area contributed by atoms with E-state index in [0.717, 1.165) is 77.0 Å². The van der Waals surface area contributed by atoms with E-state index in [9.17, 15) is 14.4 Å². The second-order valence-electron chi connectivity index (χ2n) is 21.3. The largest absolute Gasteiger partial charge is 0.462 e. The molecular weight excluding hydrogens is 925 g/mol. The Labute approximate surface area is 465 Å². The first-order valence-corrected chi connectivity index (χ1v) is 32.1.